The molecule has 0 unspecified atom stereocenters. The van der Waals surface area contributed by atoms with Gasteiger partial charge in [0.15, 0.2) is 5.82 Å². The van der Waals surface area contributed by atoms with Crippen molar-refractivity contribution in [1.29, 1.82) is 0 Å². The number of halogens is 1. The normalized spacial score (nSPS) is 10.5. The molecule has 11 heteroatoms. The Morgan fingerprint density at radius 1 is 1.06 bits per heavy atom. The molecule has 0 aliphatic carbocycles. The fraction of sp³-hybridized carbons (Fsp3) is 0.300. The summed E-state index contributed by atoms with van der Waals surface area (Å²) in [6.07, 6.45) is 1.47. The van der Waals surface area contributed by atoms with Crippen LogP contribution in [0.15, 0.2) is 30.6 Å². The molecule has 0 bridgehead atoms. The van der Waals surface area contributed by atoms with E-state index in [-0.39, 0.29) is 0 Å². The molecule has 3 aromatic rings. The van der Waals surface area contributed by atoms with Crippen LogP contribution in [0.4, 0.5) is 16.3 Å². The Hall–Kier alpha value is -3.53. The van der Waals surface area contributed by atoms with E-state index in [0.29, 0.717) is 46.9 Å². The van der Waals surface area contributed by atoms with Crippen LogP contribution in [0.5, 0.6) is 11.5 Å². The van der Waals surface area contributed by atoms with Crippen molar-refractivity contribution < 1.29 is 14.3 Å². The second-order valence-corrected chi connectivity index (χ2v) is 7.00. The van der Waals surface area contributed by atoms with Gasteiger partial charge in [0.25, 0.3) is 0 Å². The first-order valence-corrected chi connectivity index (χ1v) is 9.85. The van der Waals surface area contributed by atoms with Gasteiger partial charge in [-0.1, -0.05) is 11.6 Å². The lowest BCUT2D eigenvalue weighted by Crippen LogP contribution is -2.32. The van der Waals surface area contributed by atoms with Crippen LogP contribution < -0.4 is 25.4 Å². The molecule has 0 spiro atoms. The number of methoxy groups -OCH3 is 2. The highest BCUT2D eigenvalue weighted by atomic mass is 35.5. The van der Waals surface area contributed by atoms with E-state index in [2.05, 4.69) is 31.0 Å². The maximum absolute atomic E-state index is 12.2. The molecule has 2 heterocycles. The summed E-state index contributed by atoms with van der Waals surface area (Å²) in [5.41, 5.74) is 2.33. The Morgan fingerprint density at radius 3 is 2.52 bits per heavy atom. The third-order valence-corrected chi connectivity index (χ3v) is 4.61. The molecule has 3 rings (SSSR count). The quantitative estimate of drug-likeness (QED) is 0.456. The fourth-order valence-electron chi connectivity index (χ4n) is 2.91. The molecule has 164 valence electrons. The Bertz CT molecular complexity index is 1070. The standard InChI is InChI=1S/C20H24ClN7O3/c1-12-7-13(2)28(27-12)19-10-18(24-11-25-19)22-5-6-23-20(29)26-15-8-14(21)16(30-3)9-17(15)31-4/h7-11H,5-6H2,1-4H3,(H,22,24,25)(H2,23,26,29). The van der Waals surface area contributed by atoms with Gasteiger partial charge in [-0.2, -0.15) is 5.10 Å². The molecule has 0 saturated heterocycles. The predicted octanol–water partition coefficient (Wildman–Crippen LogP) is 3.18. The van der Waals surface area contributed by atoms with E-state index in [0.717, 1.165) is 11.4 Å². The summed E-state index contributed by atoms with van der Waals surface area (Å²) < 4.78 is 12.2. The summed E-state index contributed by atoms with van der Waals surface area (Å²) in [6, 6.07) is 6.55. The van der Waals surface area contributed by atoms with E-state index >= 15 is 0 Å². The first kappa shape index (κ1) is 22.2. The molecule has 2 aromatic heterocycles. The van der Waals surface area contributed by atoms with Crippen molar-refractivity contribution in [3.05, 3.63) is 47.0 Å². The molecular weight excluding hydrogens is 422 g/mol. The minimum Gasteiger partial charge on any atom is -0.495 e. The predicted molar refractivity (Wildman–Crippen MR) is 119 cm³/mol. The lowest BCUT2D eigenvalue weighted by Gasteiger charge is -2.14. The smallest absolute Gasteiger partial charge is 0.319 e. The van der Waals surface area contributed by atoms with Gasteiger partial charge in [0.2, 0.25) is 0 Å². The number of nitrogens with one attached hydrogen (secondary N) is 3. The number of anilines is 2. The number of carbonyl (C=O) groups excluding carboxylic acids is 1. The van der Waals surface area contributed by atoms with Crippen LogP contribution >= 0.6 is 11.6 Å². The summed E-state index contributed by atoms with van der Waals surface area (Å²) in [5, 5.41) is 13.4. The van der Waals surface area contributed by atoms with Crippen molar-refractivity contribution in [3.63, 3.8) is 0 Å². The van der Waals surface area contributed by atoms with Crippen LogP contribution in [0.25, 0.3) is 5.82 Å². The third-order valence-electron chi connectivity index (χ3n) is 4.32. The van der Waals surface area contributed by atoms with E-state index in [1.165, 1.54) is 20.5 Å². The number of amides is 2. The number of benzene rings is 1. The Morgan fingerprint density at radius 2 is 1.84 bits per heavy atom. The molecule has 0 radical (unpaired) electrons. The van der Waals surface area contributed by atoms with Gasteiger partial charge in [0, 0.05) is 30.9 Å². The summed E-state index contributed by atoms with van der Waals surface area (Å²) >= 11 is 6.12. The van der Waals surface area contributed by atoms with Crippen LogP contribution in [-0.2, 0) is 0 Å². The minimum absolute atomic E-state index is 0.358. The van der Waals surface area contributed by atoms with Gasteiger partial charge in [-0.15, -0.1) is 0 Å². The van der Waals surface area contributed by atoms with Gasteiger partial charge in [-0.05, 0) is 26.0 Å². The van der Waals surface area contributed by atoms with Crippen LogP contribution in [0.3, 0.4) is 0 Å². The van der Waals surface area contributed by atoms with E-state index in [4.69, 9.17) is 21.1 Å². The number of nitrogens with zero attached hydrogens (tertiary/aromatic N) is 4. The van der Waals surface area contributed by atoms with Crippen LogP contribution in [0.1, 0.15) is 11.4 Å². The van der Waals surface area contributed by atoms with Crippen molar-refractivity contribution in [1.82, 2.24) is 25.1 Å². The van der Waals surface area contributed by atoms with E-state index in [9.17, 15) is 4.79 Å². The van der Waals surface area contributed by atoms with Crippen LogP contribution in [0.2, 0.25) is 5.02 Å². The van der Waals surface area contributed by atoms with Gasteiger partial charge in [-0.25, -0.2) is 19.4 Å². The highest BCUT2D eigenvalue weighted by Gasteiger charge is 2.12. The highest BCUT2D eigenvalue weighted by molar-refractivity contribution is 6.32. The zero-order chi connectivity index (χ0) is 22.4. The highest BCUT2D eigenvalue weighted by Crippen LogP contribution is 2.35. The minimum atomic E-state index is -0.396. The lowest BCUT2D eigenvalue weighted by atomic mass is 10.2. The van der Waals surface area contributed by atoms with E-state index < -0.39 is 6.03 Å². The van der Waals surface area contributed by atoms with Gasteiger partial charge < -0.3 is 25.4 Å². The summed E-state index contributed by atoms with van der Waals surface area (Å²) in [7, 11) is 3.00. The van der Waals surface area contributed by atoms with Gasteiger partial charge in [-0.3, -0.25) is 0 Å². The van der Waals surface area contributed by atoms with E-state index in [1.807, 2.05) is 19.9 Å². The van der Waals surface area contributed by atoms with Crippen molar-refractivity contribution in [2.45, 2.75) is 13.8 Å². The first-order chi connectivity index (χ1) is 14.9. The number of urea groups is 1. The van der Waals surface area contributed by atoms with Gasteiger partial charge >= 0.3 is 6.03 Å². The molecule has 0 fully saturated rings. The number of hydrogen-bond acceptors (Lipinski definition) is 7. The Balaban J connectivity index is 1.52. The second-order valence-electron chi connectivity index (χ2n) is 6.60. The largest absolute Gasteiger partial charge is 0.495 e. The van der Waals surface area contributed by atoms with Crippen molar-refractivity contribution in [2.75, 3.05) is 37.9 Å². The molecule has 0 aliphatic rings. The molecule has 31 heavy (non-hydrogen) atoms. The maximum Gasteiger partial charge on any atom is 0.319 e. The van der Waals surface area contributed by atoms with Gasteiger partial charge in [0.05, 0.1) is 30.6 Å². The Labute approximate surface area is 184 Å². The zero-order valence-corrected chi connectivity index (χ0v) is 18.4. The first-order valence-electron chi connectivity index (χ1n) is 9.47. The number of carbonyl (C=O) groups is 1. The molecule has 3 N–H and O–H groups in total. The molecule has 1 aromatic carbocycles. The third kappa shape index (κ3) is 5.54. The monoisotopic (exact) mass is 445 g/mol. The second kappa shape index (κ2) is 9.98. The average molecular weight is 446 g/mol. The number of rotatable bonds is 8. The number of aryl methyl sites for hydroxylation is 2. The van der Waals surface area contributed by atoms with Crippen molar-refractivity contribution >= 4 is 29.1 Å². The summed E-state index contributed by atoms with van der Waals surface area (Å²) in [4.78, 5) is 20.7. The molecule has 2 amide bonds. The number of aromatic nitrogens is 4. The van der Waals surface area contributed by atoms with Crippen molar-refractivity contribution in [3.8, 4) is 17.3 Å². The lowest BCUT2D eigenvalue weighted by molar-refractivity contribution is 0.252. The van der Waals surface area contributed by atoms with Gasteiger partial charge in [0.1, 0.15) is 23.6 Å². The SMILES string of the molecule is COc1cc(OC)c(NC(=O)NCCNc2cc(-n3nc(C)cc3C)ncn2)cc1Cl. The van der Waals surface area contributed by atoms with E-state index in [1.54, 1.807) is 22.9 Å². The zero-order valence-electron chi connectivity index (χ0n) is 17.7. The molecule has 10 nitrogen and oxygen atoms in total. The summed E-state index contributed by atoms with van der Waals surface area (Å²) in [5.74, 6) is 2.19. The van der Waals surface area contributed by atoms with Crippen molar-refractivity contribution in [2.24, 2.45) is 0 Å². The number of ether oxygens (including phenoxy) is 2. The molecule has 0 aliphatic heterocycles. The van der Waals surface area contributed by atoms with Crippen LogP contribution in [-0.4, -0.2) is 53.1 Å². The number of hydrogen-bond donors (Lipinski definition) is 3. The van der Waals surface area contributed by atoms with Crippen LogP contribution in [0, 0.1) is 13.8 Å². The fourth-order valence-corrected chi connectivity index (χ4v) is 3.15. The summed E-state index contributed by atoms with van der Waals surface area (Å²) in [6.45, 7) is 4.71. The maximum atomic E-state index is 12.2. The molecule has 0 saturated carbocycles. The topological polar surface area (TPSA) is 115 Å². The molecular formula is C20H24ClN7O3. The average Bonchev–Trinajstić information content (AvgIpc) is 3.09. The molecule has 0 atom stereocenters. The Kier molecular flexibility index (Phi) is 7.14.